The summed E-state index contributed by atoms with van der Waals surface area (Å²) in [6, 6.07) is 7.05. The Hall–Kier alpha value is -2.68. The molecule has 9 heteroatoms. The number of thiazole rings is 1. The second kappa shape index (κ2) is 11.4. The van der Waals surface area contributed by atoms with Crippen molar-refractivity contribution in [2.75, 3.05) is 5.32 Å². The van der Waals surface area contributed by atoms with E-state index in [1.54, 1.807) is 25.3 Å². The second-order valence-corrected chi connectivity index (χ2v) is 8.80. The van der Waals surface area contributed by atoms with Crippen molar-refractivity contribution in [3.63, 3.8) is 0 Å². The summed E-state index contributed by atoms with van der Waals surface area (Å²) in [4.78, 5) is 8.11. The maximum Gasteiger partial charge on any atom is 0.420 e. The molecule has 0 aliphatic rings. The first-order valence-corrected chi connectivity index (χ1v) is 11.8. The maximum atomic E-state index is 14.3. The number of anilines is 2. The minimum Gasteiger partial charge on any atom is -0.490 e. The van der Waals surface area contributed by atoms with Crippen LogP contribution in [0, 0.1) is 5.13 Å². The molecule has 0 saturated carbocycles. The highest BCUT2D eigenvalue weighted by molar-refractivity contribution is 7.14. The fourth-order valence-electron chi connectivity index (χ4n) is 3.40. The van der Waals surface area contributed by atoms with Crippen molar-refractivity contribution in [2.45, 2.75) is 64.7 Å². The fourth-order valence-corrected chi connectivity index (χ4v) is 4.14. The van der Waals surface area contributed by atoms with E-state index in [4.69, 9.17) is 4.74 Å². The number of rotatable bonds is 11. The molecule has 2 heterocycles. The molecule has 0 amide bonds. The van der Waals surface area contributed by atoms with Gasteiger partial charge in [-0.25, -0.2) is 4.98 Å². The van der Waals surface area contributed by atoms with Crippen molar-refractivity contribution in [3.8, 4) is 17.0 Å². The Labute approximate surface area is 195 Å². The molecule has 1 unspecified atom stereocenters. The van der Waals surface area contributed by atoms with E-state index in [1.807, 2.05) is 0 Å². The Kier molecular flexibility index (Phi) is 8.66. The average molecular weight is 482 g/mol. The Balaban J connectivity index is 1.72. The summed E-state index contributed by atoms with van der Waals surface area (Å²) in [6.45, 7) is 3.91. The number of hydrogen-bond donors (Lipinski definition) is 1. The molecule has 3 aromatic rings. The van der Waals surface area contributed by atoms with Crippen LogP contribution in [0.1, 0.15) is 57.9 Å². The van der Waals surface area contributed by atoms with Crippen LogP contribution in [0.4, 0.5) is 28.4 Å². The molecule has 0 bridgehead atoms. The van der Waals surface area contributed by atoms with Crippen molar-refractivity contribution in [3.05, 3.63) is 53.4 Å². The highest BCUT2D eigenvalue weighted by atomic mass is 32.1. The van der Waals surface area contributed by atoms with Gasteiger partial charge in [0, 0.05) is 23.6 Å². The monoisotopic (exact) mass is 481 g/mol. The third kappa shape index (κ3) is 7.15. The minimum atomic E-state index is -4.59. The molecule has 4 nitrogen and oxygen atoms in total. The Morgan fingerprint density at radius 2 is 1.91 bits per heavy atom. The number of benzene rings is 1. The van der Waals surface area contributed by atoms with Crippen molar-refractivity contribution < 1.29 is 22.3 Å². The molecule has 0 fully saturated rings. The maximum absolute atomic E-state index is 14.3. The number of nitrogens with zero attached hydrogens (tertiary/aromatic N) is 2. The zero-order valence-electron chi connectivity index (χ0n) is 18.6. The molecule has 3 rings (SSSR count). The number of unbranched alkanes of at least 4 members (excludes halogenated alkanes) is 4. The average Bonchev–Trinajstić information content (AvgIpc) is 3.14. The van der Waals surface area contributed by atoms with Crippen molar-refractivity contribution in [1.29, 1.82) is 0 Å². The normalized spacial score (nSPS) is 12.5. The van der Waals surface area contributed by atoms with Crippen molar-refractivity contribution in [1.82, 2.24) is 9.97 Å². The quantitative estimate of drug-likeness (QED) is 0.221. The zero-order valence-corrected chi connectivity index (χ0v) is 19.4. The summed E-state index contributed by atoms with van der Waals surface area (Å²) in [5, 5.41) is 2.37. The van der Waals surface area contributed by atoms with Crippen LogP contribution in [0.3, 0.4) is 0 Å². The lowest BCUT2D eigenvalue weighted by Gasteiger charge is -2.19. The third-order valence-electron chi connectivity index (χ3n) is 5.10. The van der Waals surface area contributed by atoms with Gasteiger partial charge in [0.05, 0.1) is 11.7 Å². The van der Waals surface area contributed by atoms with E-state index in [0.29, 0.717) is 12.0 Å². The molecule has 178 valence electrons. The van der Waals surface area contributed by atoms with Gasteiger partial charge in [-0.3, -0.25) is 4.98 Å². The van der Waals surface area contributed by atoms with Crippen LogP contribution in [0.2, 0.25) is 0 Å². The summed E-state index contributed by atoms with van der Waals surface area (Å²) in [5.41, 5.74) is -0.148. The first-order chi connectivity index (χ1) is 15.8. The highest BCUT2D eigenvalue weighted by Crippen LogP contribution is 2.39. The Bertz CT molecular complexity index is 1020. The standard InChI is InChI=1S/C24H27F4N3OS/c1-3-4-5-6-7-9-16(2)32-20-12-11-18(14-19(20)24(26,27)28)30-23-31-21(22(25)33-23)17-10-8-13-29-15-17/h8,10-16H,3-7,9H2,1-2H3,(H,30,31). The van der Waals surface area contributed by atoms with Crippen molar-refractivity contribution >= 4 is 22.2 Å². The van der Waals surface area contributed by atoms with Crippen LogP contribution < -0.4 is 10.1 Å². The molecule has 0 spiro atoms. The van der Waals surface area contributed by atoms with Gasteiger partial charge in [0.1, 0.15) is 11.4 Å². The minimum absolute atomic E-state index is 0.0966. The second-order valence-electron chi connectivity index (χ2n) is 7.85. The van der Waals surface area contributed by atoms with E-state index in [9.17, 15) is 17.6 Å². The summed E-state index contributed by atoms with van der Waals surface area (Å²) >= 11 is 0.718. The van der Waals surface area contributed by atoms with E-state index >= 15 is 0 Å². The van der Waals surface area contributed by atoms with Gasteiger partial charge in [0.15, 0.2) is 5.13 Å². The van der Waals surface area contributed by atoms with E-state index in [0.717, 1.165) is 49.5 Å². The van der Waals surface area contributed by atoms with Gasteiger partial charge in [-0.15, -0.1) is 0 Å². The van der Waals surface area contributed by atoms with Gasteiger partial charge in [-0.1, -0.05) is 43.9 Å². The van der Waals surface area contributed by atoms with E-state index in [1.165, 1.54) is 18.3 Å². The predicted molar refractivity (Wildman–Crippen MR) is 123 cm³/mol. The van der Waals surface area contributed by atoms with Crippen LogP contribution >= 0.6 is 11.3 Å². The molecule has 1 N–H and O–H groups in total. The lowest BCUT2D eigenvalue weighted by atomic mass is 10.1. The van der Waals surface area contributed by atoms with Gasteiger partial charge in [0.2, 0.25) is 5.13 Å². The SMILES string of the molecule is CCCCCCCC(C)Oc1ccc(Nc2nc(-c3cccnc3)c(F)s2)cc1C(F)(F)F. The topological polar surface area (TPSA) is 47.0 Å². The van der Waals surface area contributed by atoms with Crippen LogP contribution in [0.15, 0.2) is 42.7 Å². The lowest BCUT2D eigenvalue weighted by molar-refractivity contribution is -0.139. The van der Waals surface area contributed by atoms with Crippen LogP contribution in [-0.4, -0.2) is 16.1 Å². The molecule has 1 aromatic carbocycles. The van der Waals surface area contributed by atoms with Gasteiger partial charge in [0.25, 0.3) is 0 Å². The summed E-state index contributed by atoms with van der Waals surface area (Å²) in [7, 11) is 0. The predicted octanol–water partition coefficient (Wildman–Crippen LogP) is 8.23. The first kappa shape index (κ1) is 25.0. The third-order valence-corrected chi connectivity index (χ3v) is 5.86. The lowest BCUT2D eigenvalue weighted by Crippen LogP contribution is -2.16. The zero-order chi connectivity index (χ0) is 23.8. The van der Waals surface area contributed by atoms with E-state index in [2.05, 4.69) is 22.2 Å². The molecule has 0 saturated heterocycles. The number of alkyl halides is 3. The number of halogens is 4. The van der Waals surface area contributed by atoms with Gasteiger partial charge in [-0.2, -0.15) is 17.6 Å². The van der Waals surface area contributed by atoms with Crippen LogP contribution in [0.5, 0.6) is 5.75 Å². The number of pyridine rings is 1. The van der Waals surface area contributed by atoms with Crippen LogP contribution in [0.25, 0.3) is 11.3 Å². The van der Waals surface area contributed by atoms with Crippen LogP contribution in [-0.2, 0) is 6.18 Å². The summed E-state index contributed by atoms with van der Waals surface area (Å²) < 4.78 is 61.1. The Morgan fingerprint density at radius 1 is 1.12 bits per heavy atom. The number of hydrogen-bond acceptors (Lipinski definition) is 5. The number of aromatic nitrogens is 2. The number of ether oxygens (including phenoxy) is 1. The summed E-state index contributed by atoms with van der Waals surface area (Å²) in [5.74, 6) is -0.213. The molecule has 2 aromatic heterocycles. The Morgan fingerprint density at radius 3 is 2.61 bits per heavy atom. The summed E-state index contributed by atoms with van der Waals surface area (Å²) in [6.07, 6.45) is 4.18. The fraction of sp³-hybridized carbons (Fsp3) is 0.417. The molecule has 0 radical (unpaired) electrons. The molecule has 1 atom stereocenters. The molecular weight excluding hydrogens is 454 g/mol. The van der Waals surface area contributed by atoms with Crippen molar-refractivity contribution in [2.24, 2.45) is 0 Å². The van der Waals surface area contributed by atoms with Gasteiger partial charge < -0.3 is 10.1 Å². The number of nitrogens with one attached hydrogen (secondary N) is 1. The first-order valence-electron chi connectivity index (χ1n) is 11.0. The molecule has 33 heavy (non-hydrogen) atoms. The highest BCUT2D eigenvalue weighted by Gasteiger charge is 2.35. The molecule has 0 aliphatic heterocycles. The smallest absolute Gasteiger partial charge is 0.420 e. The largest absolute Gasteiger partial charge is 0.490 e. The van der Waals surface area contributed by atoms with Gasteiger partial charge in [-0.05, 0) is 50.1 Å². The van der Waals surface area contributed by atoms with E-state index in [-0.39, 0.29) is 28.4 Å². The van der Waals surface area contributed by atoms with E-state index < -0.39 is 16.9 Å². The molecule has 0 aliphatic carbocycles. The van der Waals surface area contributed by atoms with Gasteiger partial charge >= 0.3 is 6.18 Å². The molecular formula is C24H27F4N3OS.